The Morgan fingerprint density at radius 1 is 1.27 bits per heavy atom. The van der Waals surface area contributed by atoms with Gasteiger partial charge in [0.05, 0.1) is 0 Å². The summed E-state index contributed by atoms with van der Waals surface area (Å²) in [5.74, 6) is 0.987. The number of carbonyl (C=O) groups excluding carboxylic acids is 1. The van der Waals surface area contributed by atoms with Gasteiger partial charge >= 0.3 is 0 Å². The molecule has 0 aliphatic carbocycles. The van der Waals surface area contributed by atoms with Crippen LogP contribution in [0.25, 0.3) is 11.3 Å². The van der Waals surface area contributed by atoms with Crippen molar-refractivity contribution in [3.05, 3.63) is 46.7 Å². The molecule has 0 atom stereocenters. The van der Waals surface area contributed by atoms with E-state index >= 15 is 0 Å². The minimum Gasteiger partial charge on any atom is -0.453 e. The third-order valence-corrected chi connectivity index (χ3v) is 2.44. The molecule has 0 radical (unpaired) electrons. The third kappa shape index (κ3) is 1.95. The molecule has 0 fully saturated rings. The van der Waals surface area contributed by atoms with Crippen molar-refractivity contribution in [3.8, 4) is 11.3 Å². The summed E-state index contributed by atoms with van der Waals surface area (Å²) in [5.41, 5.74) is 1.97. The largest absolute Gasteiger partial charge is 0.453 e. The van der Waals surface area contributed by atoms with Gasteiger partial charge in [0.25, 0.3) is 0 Å². The van der Waals surface area contributed by atoms with Gasteiger partial charge in [-0.3, -0.25) is 4.79 Å². The van der Waals surface area contributed by atoms with E-state index in [-0.39, 0.29) is 0 Å². The molecule has 3 heteroatoms. The first-order chi connectivity index (χ1) is 7.20. The number of hydrogen-bond acceptors (Lipinski definition) is 2. The van der Waals surface area contributed by atoms with Gasteiger partial charge in [-0.25, -0.2) is 0 Å². The van der Waals surface area contributed by atoms with Gasteiger partial charge in [0.2, 0.25) is 0 Å². The number of rotatable bonds is 2. The molecule has 2 aromatic rings. The summed E-state index contributed by atoms with van der Waals surface area (Å²) in [6, 6.07) is 8.97. The topological polar surface area (TPSA) is 30.2 Å². The normalized spacial score (nSPS) is 10.3. The van der Waals surface area contributed by atoms with Crippen molar-refractivity contribution in [2.75, 3.05) is 0 Å². The maximum Gasteiger partial charge on any atom is 0.185 e. The lowest BCUT2D eigenvalue weighted by Crippen LogP contribution is -1.80. The molecule has 0 N–H and O–H groups in total. The van der Waals surface area contributed by atoms with Crippen molar-refractivity contribution < 1.29 is 9.21 Å². The molecule has 2 nitrogen and oxygen atoms in total. The van der Waals surface area contributed by atoms with Crippen LogP contribution in [0.15, 0.2) is 34.7 Å². The van der Waals surface area contributed by atoms with E-state index in [0.29, 0.717) is 22.8 Å². The maximum absolute atomic E-state index is 10.5. The van der Waals surface area contributed by atoms with Crippen molar-refractivity contribution in [3.63, 3.8) is 0 Å². The second kappa shape index (κ2) is 3.91. The number of benzene rings is 1. The van der Waals surface area contributed by atoms with Gasteiger partial charge in [0.15, 0.2) is 12.0 Å². The summed E-state index contributed by atoms with van der Waals surface area (Å²) < 4.78 is 5.33. The van der Waals surface area contributed by atoms with Crippen LogP contribution >= 0.6 is 11.6 Å². The quantitative estimate of drug-likeness (QED) is 0.722. The number of furan rings is 1. The van der Waals surface area contributed by atoms with E-state index in [1.807, 2.05) is 25.1 Å². The number of hydrogen-bond donors (Lipinski definition) is 0. The Morgan fingerprint density at radius 2 is 2.07 bits per heavy atom. The van der Waals surface area contributed by atoms with Crippen LogP contribution in [0.5, 0.6) is 0 Å². The molecule has 0 unspecified atom stereocenters. The zero-order chi connectivity index (χ0) is 10.8. The summed E-state index contributed by atoms with van der Waals surface area (Å²) >= 11 is 5.90. The summed E-state index contributed by atoms with van der Waals surface area (Å²) in [4.78, 5) is 10.5. The minimum atomic E-state index is 0.323. The summed E-state index contributed by atoms with van der Waals surface area (Å²) in [7, 11) is 0. The molecule has 1 heterocycles. The van der Waals surface area contributed by atoms with Crippen molar-refractivity contribution >= 4 is 17.9 Å². The summed E-state index contributed by atoms with van der Waals surface area (Å²) in [6.07, 6.45) is 0.684. The number of aldehydes is 1. The van der Waals surface area contributed by atoms with Gasteiger partial charge < -0.3 is 4.42 Å². The molecule has 0 saturated carbocycles. The lowest BCUT2D eigenvalue weighted by atomic mass is 10.1. The van der Waals surface area contributed by atoms with E-state index in [1.165, 1.54) is 0 Å². The average Bonchev–Trinajstić information content (AvgIpc) is 2.70. The highest BCUT2D eigenvalue weighted by atomic mass is 35.5. The first-order valence-electron chi connectivity index (χ1n) is 4.52. The van der Waals surface area contributed by atoms with E-state index in [1.54, 1.807) is 12.1 Å². The lowest BCUT2D eigenvalue weighted by Gasteiger charge is -2.02. The van der Waals surface area contributed by atoms with Crippen LogP contribution in [0.1, 0.15) is 16.1 Å². The molecular weight excluding hydrogens is 212 g/mol. The molecule has 0 amide bonds. The SMILES string of the molecule is Cc1ccc(Cl)cc1-c1ccc(C=O)o1. The number of carbonyl (C=O) groups is 1. The van der Waals surface area contributed by atoms with Crippen LogP contribution in [0.3, 0.4) is 0 Å². The van der Waals surface area contributed by atoms with Crippen LogP contribution in [0, 0.1) is 6.92 Å². The second-order valence-electron chi connectivity index (χ2n) is 3.28. The van der Waals surface area contributed by atoms with Crippen molar-refractivity contribution in [1.82, 2.24) is 0 Å². The van der Waals surface area contributed by atoms with Crippen LogP contribution in [0.2, 0.25) is 5.02 Å². The molecule has 0 bridgehead atoms. The molecule has 0 aliphatic rings. The monoisotopic (exact) mass is 220 g/mol. The van der Waals surface area contributed by atoms with Gasteiger partial charge in [-0.1, -0.05) is 17.7 Å². The van der Waals surface area contributed by atoms with Crippen molar-refractivity contribution in [1.29, 1.82) is 0 Å². The van der Waals surface area contributed by atoms with Crippen molar-refractivity contribution in [2.24, 2.45) is 0 Å². The molecule has 1 aromatic heterocycles. The first-order valence-corrected chi connectivity index (χ1v) is 4.90. The fourth-order valence-electron chi connectivity index (χ4n) is 1.42. The Labute approximate surface area is 92.5 Å². The highest BCUT2D eigenvalue weighted by Crippen LogP contribution is 2.27. The van der Waals surface area contributed by atoms with Gasteiger partial charge in [-0.2, -0.15) is 0 Å². The van der Waals surface area contributed by atoms with Gasteiger partial charge in [-0.15, -0.1) is 0 Å². The van der Waals surface area contributed by atoms with Gasteiger partial charge in [0.1, 0.15) is 5.76 Å². The third-order valence-electron chi connectivity index (χ3n) is 2.21. The lowest BCUT2D eigenvalue weighted by molar-refractivity contribution is 0.110. The molecule has 2 rings (SSSR count). The van der Waals surface area contributed by atoms with E-state index in [4.69, 9.17) is 16.0 Å². The Bertz CT molecular complexity index is 500. The highest BCUT2D eigenvalue weighted by molar-refractivity contribution is 6.30. The molecule has 15 heavy (non-hydrogen) atoms. The number of aryl methyl sites for hydroxylation is 1. The number of halogens is 1. The maximum atomic E-state index is 10.5. The van der Waals surface area contributed by atoms with Crippen LogP contribution in [0.4, 0.5) is 0 Å². The van der Waals surface area contributed by atoms with Crippen molar-refractivity contribution in [2.45, 2.75) is 6.92 Å². The predicted octanol–water partition coefficient (Wildman–Crippen LogP) is 3.72. The Kier molecular flexibility index (Phi) is 2.60. The Balaban J connectivity index is 2.52. The second-order valence-corrected chi connectivity index (χ2v) is 3.72. The molecule has 0 saturated heterocycles. The van der Waals surface area contributed by atoms with Crippen LogP contribution in [-0.4, -0.2) is 6.29 Å². The predicted molar refractivity (Wildman–Crippen MR) is 59.3 cm³/mol. The summed E-state index contributed by atoms with van der Waals surface area (Å²) in [6.45, 7) is 1.97. The van der Waals surface area contributed by atoms with Crippen LogP contribution in [-0.2, 0) is 0 Å². The fraction of sp³-hybridized carbons (Fsp3) is 0.0833. The smallest absolute Gasteiger partial charge is 0.185 e. The van der Waals surface area contributed by atoms with E-state index in [0.717, 1.165) is 11.1 Å². The zero-order valence-electron chi connectivity index (χ0n) is 8.16. The van der Waals surface area contributed by atoms with Crippen LogP contribution < -0.4 is 0 Å². The molecule has 0 aliphatic heterocycles. The zero-order valence-corrected chi connectivity index (χ0v) is 8.91. The first kappa shape index (κ1) is 9.99. The highest BCUT2D eigenvalue weighted by Gasteiger charge is 2.07. The molecular formula is C12H9ClO2. The molecule has 1 aromatic carbocycles. The molecule has 76 valence electrons. The Hall–Kier alpha value is -1.54. The minimum absolute atomic E-state index is 0.323. The van der Waals surface area contributed by atoms with E-state index < -0.39 is 0 Å². The molecule has 0 spiro atoms. The van der Waals surface area contributed by atoms with Gasteiger partial charge in [-0.05, 0) is 36.8 Å². The van der Waals surface area contributed by atoms with E-state index in [2.05, 4.69) is 0 Å². The van der Waals surface area contributed by atoms with Gasteiger partial charge in [0, 0.05) is 10.6 Å². The summed E-state index contributed by atoms with van der Waals surface area (Å²) in [5, 5.41) is 0.652. The van der Waals surface area contributed by atoms with E-state index in [9.17, 15) is 4.79 Å². The Morgan fingerprint density at radius 3 is 2.73 bits per heavy atom. The standard InChI is InChI=1S/C12H9ClO2/c1-8-2-3-9(13)6-11(8)12-5-4-10(7-14)15-12/h2-7H,1H3. The fourth-order valence-corrected chi connectivity index (χ4v) is 1.59. The average molecular weight is 221 g/mol.